The lowest BCUT2D eigenvalue weighted by Crippen LogP contribution is -2.33. The van der Waals surface area contributed by atoms with E-state index >= 15 is 8.78 Å². The summed E-state index contributed by atoms with van der Waals surface area (Å²) in [5, 5.41) is 7.23. The maximum absolute atomic E-state index is 16.0. The van der Waals surface area contributed by atoms with Crippen LogP contribution in [-0.4, -0.2) is 34.5 Å². The van der Waals surface area contributed by atoms with Crippen molar-refractivity contribution in [1.82, 2.24) is 15.1 Å². The lowest BCUT2D eigenvalue weighted by atomic mass is 9.73. The Morgan fingerprint density at radius 1 is 1.10 bits per heavy atom. The largest absolute Gasteiger partial charge is 0.387 e. The van der Waals surface area contributed by atoms with Crippen LogP contribution in [0.15, 0.2) is 47.2 Å². The lowest BCUT2D eigenvalue weighted by molar-refractivity contribution is 0.111. The van der Waals surface area contributed by atoms with Crippen molar-refractivity contribution in [3.05, 3.63) is 82.6 Å². The van der Waals surface area contributed by atoms with Gasteiger partial charge in [0, 0.05) is 30.4 Å². The third-order valence-corrected chi connectivity index (χ3v) is 7.63. The van der Waals surface area contributed by atoms with Gasteiger partial charge >= 0.3 is 0 Å². The summed E-state index contributed by atoms with van der Waals surface area (Å²) in [6.45, 7) is 3.57. The Labute approximate surface area is 225 Å². The second-order valence-electron chi connectivity index (χ2n) is 10.3. The predicted octanol–water partition coefficient (Wildman–Crippen LogP) is 6.00. The first-order valence-electron chi connectivity index (χ1n) is 13.0. The van der Waals surface area contributed by atoms with Gasteiger partial charge in [-0.1, -0.05) is 11.2 Å². The number of aryl methyl sites for hydroxylation is 2. The van der Waals surface area contributed by atoms with Gasteiger partial charge in [-0.05, 0) is 92.3 Å². The highest BCUT2D eigenvalue weighted by atomic mass is 19.1. The number of hydrogen-bond acceptors (Lipinski definition) is 7. The SMILES string of the molecule is CNc1cnccc1C1CC(N)CC(Cc2cc(-c3c(C)noc3C)cc(F)c2-c2nc(C=O)ccc2F)C1. The molecular weight excluding hydrogens is 500 g/mol. The summed E-state index contributed by atoms with van der Waals surface area (Å²) in [7, 11) is 1.87. The first-order valence-corrected chi connectivity index (χ1v) is 13.0. The van der Waals surface area contributed by atoms with Crippen LogP contribution in [0.5, 0.6) is 0 Å². The van der Waals surface area contributed by atoms with Crippen molar-refractivity contribution in [1.29, 1.82) is 0 Å². The summed E-state index contributed by atoms with van der Waals surface area (Å²) in [6, 6.07) is 7.61. The standard InChI is InChI=1S/C30H31F2N5O2/c1-16-28(17(2)39-37-16)21-11-20(29(26(32)13-21)30-25(31)5-4-23(15-38)36-30)9-18-8-19(12-22(33)10-18)24-6-7-35-14-27(24)34-3/h4-7,11,13-15,18-19,22,34H,8-10,12,33H2,1-3H3. The van der Waals surface area contributed by atoms with Crippen LogP contribution in [0.3, 0.4) is 0 Å². The van der Waals surface area contributed by atoms with Crippen LogP contribution in [0.25, 0.3) is 22.4 Å². The molecule has 3 aromatic heterocycles. The molecule has 39 heavy (non-hydrogen) atoms. The molecule has 1 aliphatic rings. The van der Waals surface area contributed by atoms with Gasteiger partial charge < -0.3 is 15.6 Å². The monoisotopic (exact) mass is 531 g/mol. The lowest BCUT2D eigenvalue weighted by Gasteiger charge is -2.34. The minimum atomic E-state index is -0.695. The molecule has 3 heterocycles. The van der Waals surface area contributed by atoms with E-state index in [9.17, 15) is 4.79 Å². The second-order valence-corrected chi connectivity index (χ2v) is 10.3. The molecule has 0 saturated heterocycles. The van der Waals surface area contributed by atoms with Crippen molar-refractivity contribution < 1.29 is 18.1 Å². The Bertz CT molecular complexity index is 1500. The van der Waals surface area contributed by atoms with E-state index < -0.39 is 11.6 Å². The van der Waals surface area contributed by atoms with Gasteiger partial charge in [-0.25, -0.2) is 13.8 Å². The number of aldehydes is 1. The van der Waals surface area contributed by atoms with Crippen LogP contribution in [-0.2, 0) is 6.42 Å². The molecule has 0 radical (unpaired) electrons. The Kier molecular flexibility index (Phi) is 7.52. The Balaban J connectivity index is 1.60. The van der Waals surface area contributed by atoms with E-state index in [1.54, 1.807) is 26.2 Å². The highest BCUT2D eigenvalue weighted by Gasteiger charge is 2.31. The first-order chi connectivity index (χ1) is 18.8. The van der Waals surface area contributed by atoms with Gasteiger partial charge in [0.25, 0.3) is 0 Å². The molecule has 0 bridgehead atoms. The zero-order valence-electron chi connectivity index (χ0n) is 22.2. The van der Waals surface area contributed by atoms with Gasteiger partial charge in [-0.3, -0.25) is 9.78 Å². The normalized spacial score (nSPS) is 19.2. The number of nitrogens with two attached hydrogens (primary N) is 1. The molecule has 202 valence electrons. The van der Waals surface area contributed by atoms with E-state index in [4.69, 9.17) is 10.3 Å². The third kappa shape index (κ3) is 5.31. The molecule has 0 spiro atoms. The molecule has 3 atom stereocenters. The average Bonchev–Trinajstić information content (AvgIpc) is 3.26. The van der Waals surface area contributed by atoms with Crippen LogP contribution in [0, 0.1) is 31.4 Å². The number of pyridine rings is 2. The number of hydrogen-bond donors (Lipinski definition) is 2. The molecule has 0 aliphatic heterocycles. The summed E-state index contributed by atoms with van der Waals surface area (Å²) < 4.78 is 36.3. The van der Waals surface area contributed by atoms with Crippen molar-refractivity contribution in [2.45, 2.75) is 51.5 Å². The van der Waals surface area contributed by atoms with Crippen molar-refractivity contribution in [3.8, 4) is 22.4 Å². The third-order valence-electron chi connectivity index (χ3n) is 7.63. The number of nitrogens with zero attached hydrogens (tertiary/aromatic N) is 3. The van der Waals surface area contributed by atoms with Crippen LogP contribution in [0.4, 0.5) is 14.5 Å². The van der Waals surface area contributed by atoms with Crippen LogP contribution in [0.2, 0.25) is 0 Å². The molecule has 7 nitrogen and oxygen atoms in total. The summed E-state index contributed by atoms with van der Waals surface area (Å²) in [6.07, 6.45) is 6.97. The van der Waals surface area contributed by atoms with Crippen molar-refractivity contribution >= 4 is 12.0 Å². The number of aromatic nitrogens is 3. The molecule has 5 rings (SSSR count). The second kappa shape index (κ2) is 11.0. The maximum atomic E-state index is 16.0. The zero-order valence-corrected chi connectivity index (χ0v) is 22.2. The minimum absolute atomic E-state index is 0.0311. The van der Waals surface area contributed by atoms with Gasteiger partial charge in [0.2, 0.25) is 0 Å². The number of carbonyl (C=O) groups excluding carboxylic acids is 1. The van der Waals surface area contributed by atoms with E-state index in [-0.39, 0.29) is 34.8 Å². The molecule has 3 N–H and O–H groups in total. The number of rotatable bonds is 7. The van der Waals surface area contributed by atoms with E-state index in [2.05, 4.69) is 20.4 Å². The fourth-order valence-electron chi connectivity index (χ4n) is 6.01. The topological polar surface area (TPSA) is 107 Å². The average molecular weight is 532 g/mol. The Morgan fingerprint density at radius 3 is 2.64 bits per heavy atom. The first kappa shape index (κ1) is 26.6. The summed E-state index contributed by atoms with van der Waals surface area (Å²) >= 11 is 0. The summed E-state index contributed by atoms with van der Waals surface area (Å²) in [4.78, 5) is 19.8. The molecule has 1 aromatic carbocycles. The highest BCUT2D eigenvalue weighted by Crippen LogP contribution is 2.42. The van der Waals surface area contributed by atoms with Crippen molar-refractivity contribution in [2.75, 3.05) is 12.4 Å². The van der Waals surface area contributed by atoms with Crippen LogP contribution < -0.4 is 11.1 Å². The molecule has 1 aliphatic carbocycles. The predicted molar refractivity (Wildman–Crippen MR) is 145 cm³/mol. The number of carbonyl (C=O) groups is 1. The molecular formula is C30H31F2N5O2. The maximum Gasteiger partial charge on any atom is 0.168 e. The number of benzene rings is 1. The molecule has 4 aromatic rings. The summed E-state index contributed by atoms with van der Waals surface area (Å²) in [5.41, 5.74) is 11.1. The fourth-order valence-corrected chi connectivity index (χ4v) is 6.01. The molecule has 1 fully saturated rings. The zero-order chi connectivity index (χ0) is 27.7. The Hall–Kier alpha value is -3.98. The van der Waals surface area contributed by atoms with Gasteiger partial charge in [-0.15, -0.1) is 0 Å². The smallest absolute Gasteiger partial charge is 0.168 e. The minimum Gasteiger partial charge on any atom is -0.387 e. The van der Waals surface area contributed by atoms with E-state index in [0.29, 0.717) is 40.9 Å². The number of halogens is 2. The fraction of sp³-hybridized carbons (Fsp3) is 0.333. The van der Waals surface area contributed by atoms with Crippen LogP contribution in [0.1, 0.15) is 58.2 Å². The highest BCUT2D eigenvalue weighted by molar-refractivity contribution is 5.77. The molecule has 1 saturated carbocycles. The Morgan fingerprint density at radius 2 is 1.92 bits per heavy atom. The number of anilines is 1. The molecule has 0 amide bonds. The van der Waals surface area contributed by atoms with Crippen molar-refractivity contribution in [3.63, 3.8) is 0 Å². The van der Waals surface area contributed by atoms with Gasteiger partial charge in [0.05, 0.1) is 17.6 Å². The van der Waals surface area contributed by atoms with Crippen LogP contribution >= 0.6 is 0 Å². The van der Waals surface area contributed by atoms with E-state index in [1.807, 2.05) is 19.2 Å². The van der Waals surface area contributed by atoms with E-state index in [0.717, 1.165) is 36.6 Å². The van der Waals surface area contributed by atoms with E-state index in [1.165, 1.54) is 12.1 Å². The molecule has 3 unspecified atom stereocenters. The molecule has 9 heteroatoms. The van der Waals surface area contributed by atoms with Gasteiger partial charge in [0.15, 0.2) is 6.29 Å². The quantitative estimate of drug-likeness (QED) is 0.282. The number of nitrogens with one attached hydrogen (secondary N) is 1. The van der Waals surface area contributed by atoms with Gasteiger partial charge in [0.1, 0.15) is 28.8 Å². The van der Waals surface area contributed by atoms with Gasteiger partial charge in [-0.2, -0.15) is 0 Å². The summed E-state index contributed by atoms with van der Waals surface area (Å²) in [5.74, 6) is -0.460. The van der Waals surface area contributed by atoms with Crippen molar-refractivity contribution in [2.24, 2.45) is 11.7 Å².